The van der Waals surface area contributed by atoms with Crippen molar-refractivity contribution >= 4 is 40.4 Å². The van der Waals surface area contributed by atoms with Crippen molar-refractivity contribution in [1.29, 1.82) is 0 Å². The van der Waals surface area contributed by atoms with E-state index in [4.69, 9.17) is 9.47 Å². The molecule has 14 heteroatoms. The first-order chi connectivity index (χ1) is 22.3. The van der Waals surface area contributed by atoms with Crippen LogP contribution in [0.5, 0.6) is 5.75 Å². The summed E-state index contributed by atoms with van der Waals surface area (Å²) in [7, 11) is 1.50. The third-order valence-electron chi connectivity index (χ3n) is 9.03. The molecule has 1 saturated carbocycles. The van der Waals surface area contributed by atoms with Crippen molar-refractivity contribution in [2.45, 2.75) is 89.9 Å². The maximum Gasteiger partial charge on any atom is 0.404 e. The highest BCUT2D eigenvalue weighted by atomic mass is 19.4. The summed E-state index contributed by atoms with van der Waals surface area (Å²) in [5, 5.41) is 8.70. The van der Waals surface area contributed by atoms with E-state index in [0.717, 1.165) is 0 Å². The molecule has 0 unspecified atom stereocenters. The number of benzene rings is 1. The van der Waals surface area contributed by atoms with Gasteiger partial charge in [-0.25, -0.2) is 0 Å². The van der Waals surface area contributed by atoms with Crippen LogP contribution in [0.3, 0.4) is 0 Å². The van der Waals surface area contributed by atoms with Gasteiger partial charge in [0, 0.05) is 23.4 Å². The third kappa shape index (κ3) is 8.44. The lowest BCUT2D eigenvalue weighted by Crippen LogP contribution is -2.54. The van der Waals surface area contributed by atoms with Crippen molar-refractivity contribution < 1.29 is 46.6 Å². The predicted molar refractivity (Wildman–Crippen MR) is 165 cm³/mol. The third-order valence-corrected chi connectivity index (χ3v) is 9.03. The van der Waals surface area contributed by atoms with E-state index in [2.05, 4.69) is 20.9 Å². The SMILES string of the molecule is COc1cccc2[nH]c(C(=O)N[C@@H](CC(C)C)C(=O)N[C@@H](C[C@@H]3CCCNC3=O)C(=O)COC(=O)C3(C(F)(F)F)CCCCC3)cc12. The zero-order chi connectivity index (χ0) is 34.4. The topological polar surface area (TPSA) is 156 Å². The fourth-order valence-electron chi connectivity index (χ4n) is 6.39. The second-order valence-electron chi connectivity index (χ2n) is 12.9. The number of alkyl halides is 3. The number of ether oxygens (including phenoxy) is 2. The number of esters is 1. The van der Waals surface area contributed by atoms with Gasteiger partial charge in [0.2, 0.25) is 11.8 Å². The quantitative estimate of drug-likeness (QED) is 0.232. The Labute approximate surface area is 271 Å². The molecule has 3 amide bonds. The van der Waals surface area contributed by atoms with Crippen molar-refractivity contribution in [1.82, 2.24) is 20.9 Å². The standard InChI is InChI=1S/C33H43F3N4O7/c1-19(2)15-24(40-30(44)25-17-21-22(38-25)10-7-11-27(21)46-3)29(43)39-23(16-20-9-8-14-37-28(20)42)26(41)18-47-31(45)32(33(34,35)36)12-5-4-6-13-32/h7,10-11,17,19-20,23-24,38H,4-6,8-9,12-16,18H2,1-3H3,(H,37,42)(H,39,43)(H,40,44)/t20-,23-,24-/m0/s1. The second kappa shape index (κ2) is 15.2. The molecule has 3 atom stereocenters. The summed E-state index contributed by atoms with van der Waals surface area (Å²) >= 11 is 0. The summed E-state index contributed by atoms with van der Waals surface area (Å²) < 4.78 is 52.5. The van der Waals surface area contributed by atoms with Crippen LogP contribution in [0.1, 0.15) is 82.1 Å². The fraction of sp³-hybridized carbons (Fsp3) is 0.606. The van der Waals surface area contributed by atoms with Crippen LogP contribution < -0.4 is 20.7 Å². The number of nitrogens with one attached hydrogen (secondary N) is 4. The van der Waals surface area contributed by atoms with E-state index in [9.17, 15) is 37.1 Å². The van der Waals surface area contributed by atoms with E-state index in [1.807, 2.05) is 13.8 Å². The molecular formula is C33H43F3N4O7. The van der Waals surface area contributed by atoms with Gasteiger partial charge in [0.1, 0.15) is 17.5 Å². The Bertz CT molecular complexity index is 1470. The summed E-state index contributed by atoms with van der Waals surface area (Å²) in [6, 6.07) is 4.39. The first kappa shape index (κ1) is 35.7. The largest absolute Gasteiger partial charge is 0.496 e. The number of hydrogen-bond donors (Lipinski definition) is 4. The lowest BCUT2D eigenvalue weighted by molar-refractivity contribution is -0.242. The fourth-order valence-corrected chi connectivity index (χ4v) is 6.39. The van der Waals surface area contributed by atoms with Gasteiger partial charge in [-0.05, 0) is 62.6 Å². The van der Waals surface area contributed by atoms with Crippen LogP contribution in [0.4, 0.5) is 13.2 Å². The number of carbonyl (C=O) groups excluding carboxylic acids is 5. The monoisotopic (exact) mass is 664 g/mol. The van der Waals surface area contributed by atoms with E-state index < -0.39 is 72.6 Å². The molecule has 0 bridgehead atoms. The van der Waals surface area contributed by atoms with Gasteiger partial charge in [-0.3, -0.25) is 24.0 Å². The van der Waals surface area contributed by atoms with Crippen LogP contribution in [0.2, 0.25) is 0 Å². The van der Waals surface area contributed by atoms with E-state index in [-0.39, 0.29) is 43.2 Å². The van der Waals surface area contributed by atoms with Gasteiger partial charge in [-0.15, -0.1) is 0 Å². The lowest BCUT2D eigenvalue weighted by atomic mass is 9.73. The summed E-state index contributed by atoms with van der Waals surface area (Å²) in [6.07, 6.45) is -3.63. The summed E-state index contributed by atoms with van der Waals surface area (Å²) in [5.74, 6) is -4.17. The molecule has 4 rings (SSSR count). The van der Waals surface area contributed by atoms with Crippen LogP contribution in [0, 0.1) is 17.3 Å². The Balaban J connectivity index is 1.51. The molecule has 11 nitrogen and oxygen atoms in total. The van der Waals surface area contributed by atoms with Gasteiger partial charge in [0.05, 0.1) is 13.2 Å². The molecule has 4 N–H and O–H groups in total. The van der Waals surface area contributed by atoms with Crippen LogP contribution >= 0.6 is 0 Å². The van der Waals surface area contributed by atoms with Gasteiger partial charge in [-0.2, -0.15) is 13.2 Å². The average molecular weight is 665 g/mol. The Morgan fingerprint density at radius 2 is 1.77 bits per heavy atom. The highest BCUT2D eigenvalue weighted by molar-refractivity contribution is 6.02. The molecule has 1 aromatic heterocycles. The molecule has 1 aromatic carbocycles. The summed E-state index contributed by atoms with van der Waals surface area (Å²) in [5.41, 5.74) is -1.87. The number of Topliss-reactive ketones (excluding diaryl/α,β-unsaturated/α-hetero) is 1. The van der Waals surface area contributed by atoms with E-state index in [0.29, 0.717) is 42.5 Å². The summed E-state index contributed by atoms with van der Waals surface area (Å²) in [4.78, 5) is 68.8. The lowest BCUT2D eigenvalue weighted by Gasteiger charge is -2.36. The first-order valence-corrected chi connectivity index (χ1v) is 16.1. The minimum atomic E-state index is -4.85. The minimum absolute atomic E-state index is 0.0675. The minimum Gasteiger partial charge on any atom is -0.496 e. The smallest absolute Gasteiger partial charge is 0.404 e. The van der Waals surface area contributed by atoms with Gasteiger partial charge in [-0.1, -0.05) is 39.2 Å². The molecular weight excluding hydrogens is 621 g/mol. The average Bonchev–Trinajstić information content (AvgIpc) is 3.48. The van der Waals surface area contributed by atoms with Crippen LogP contribution in [0.25, 0.3) is 10.9 Å². The van der Waals surface area contributed by atoms with Crippen molar-refractivity contribution in [3.63, 3.8) is 0 Å². The van der Waals surface area contributed by atoms with Crippen molar-refractivity contribution in [2.75, 3.05) is 20.3 Å². The molecule has 2 aliphatic rings. The Morgan fingerprint density at radius 3 is 2.40 bits per heavy atom. The molecule has 2 heterocycles. The number of aromatic amines is 1. The van der Waals surface area contributed by atoms with Gasteiger partial charge in [0.15, 0.2) is 17.8 Å². The number of fused-ring (bicyclic) bond motifs is 1. The molecule has 2 aromatic rings. The number of rotatable bonds is 13. The zero-order valence-corrected chi connectivity index (χ0v) is 26.9. The number of H-pyrrole nitrogens is 1. The van der Waals surface area contributed by atoms with Crippen LogP contribution in [-0.4, -0.2) is 73.0 Å². The van der Waals surface area contributed by atoms with Crippen molar-refractivity contribution in [3.8, 4) is 5.75 Å². The molecule has 1 saturated heterocycles. The number of aromatic nitrogens is 1. The van der Waals surface area contributed by atoms with Crippen molar-refractivity contribution in [3.05, 3.63) is 30.0 Å². The molecule has 1 aliphatic heterocycles. The summed E-state index contributed by atoms with van der Waals surface area (Å²) in [6.45, 7) is 3.14. The maximum absolute atomic E-state index is 14.0. The van der Waals surface area contributed by atoms with Gasteiger partial charge < -0.3 is 30.4 Å². The van der Waals surface area contributed by atoms with E-state index >= 15 is 0 Å². The van der Waals surface area contributed by atoms with Crippen LogP contribution in [0.15, 0.2) is 24.3 Å². The number of piperidine rings is 1. The van der Waals surface area contributed by atoms with E-state index in [1.165, 1.54) is 7.11 Å². The molecule has 0 spiro atoms. The highest BCUT2D eigenvalue weighted by Crippen LogP contribution is 2.49. The molecule has 258 valence electrons. The van der Waals surface area contributed by atoms with Gasteiger partial charge >= 0.3 is 12.1 Å². The maximum atomic E-state index is 14.0. The first-order valence-electron chi connectivity index (χ1n) is 16.1. The Hall–Kier alpha value is -4.10. The van der Waals surface area contributed by atoms with Crippen LogP contribution in [-0.2, 0) is 23.9 Å². The zero-order valence-electron chi connectivity index (χ0n) is 26.9. The second-order valence-corrected chi connectivity index (χ2v) is 12.9. The van der Waals surface area contributed by atoms with Gasteiger partial charge in [0.25, 0.3) is 5.91 Å². The Kier molecular flexibility index (Phi) is 11.6. The molecule has 1 aliphatic carbocycles. The number of ketones is 1. The number of hydrogen-bond acceptors (Lipinski definition) is 7. The highest BCUT2D eigenvalue weighted by Gasteiger charge is 2.61. The predicted octanol–water partition coefficient (Wildman–Crippen LogP) is 4.35. The number of halogens is 3. The Morgan fingerprint density at radius 1 is 1.04 bits per heavy atom. The molecule has 2 fully saturated rings. The van der Waals surface area contributed by atoms with E-state index in [1.54, 1.807) is 24.3 Å². The molecule has 0 radical (unpaired) electrons. The number of methoxy groups -OCH3 is 1. The number of carbonyl (C=O) groups is 5. The normalized spacial score (nSPS) is 19.4. The molecule has 47 heavy (non-hydrogen) atoms. The number of amides is 3. The van der Waals surface area contributed by atoms with Crippen molar-refractivity contribution in [2.24, 2.45) is 17.3 Å².